The van der Waals surface area contributed by atoms with Gasteiger partial charge in [0.15, 0.2) is 0 Å². The Balaban J connectivity index is -0.00000000778. The second-order valence-corrected chi connectivity index (χ2v) is 1.52. The molecule has 0 spiro atoms. The van der Waals surface area contributed by atoms with Gasteiger partial charge in [-0.2, -0.15) is 0 Å². The van der Waals surface area contributed by atoms with E-state index in [-0.39, 0.29) is 87.5 Å². The summed E-state index contributed by atoms with van der Waals surface area (Å²) >= 11 is 0. The topological polar surface area (TPSA) is 188 Å². The summed E-state index contributed by atoms with van der Waals surface area (Å²) in [5, 5.41) is 0. The molecule has 1 rings (SSSR count). The maximum atomic E-state index is 3.85. The van der Waals surface area contributed by atoms with E-state index in [4.69, 9.17) is 0 Å². The Bertz CT molecular complexity index is 158. The van der Waals surface area contributed by atoms with Crippen molar-refractivity contribution in [1.82, 2.24) is 35.7 Å². The fraction of sp³-hybridized carbons (Fsp3) is 0.167. The second kappa shape index (κ2) is 45.2. The number of hydrogen-bond acceptors (Lipinski definition) is 6. The number of rotatable bonds is 0. The van der Waals surface area contributed by atoms with E-state index < -0.39 is 0 Å². The van der Waals surface area contributed by atoms with Gasteiger partial charge in [0.25, 0.3) is 0 Å². The van der Waals surface area contributed by atoms with Crippen LogP contribution in [0.4, 0.5) is 0 Å². The zero-order valence-corrected chi connectivity index (χ0v) is 13.3. The molecule has 16 heavy (non-hydrogen) atoms. The molecule has 0 amide bonds. The summed E-state index contributed by atoms with van der Waals surface area (Å²) in [6, 6.07) is 3.94. The molecule has 0 unspecified atom stereocenters. The van der Waals surface area contributed by atoms with Gasteiger partial charge in [-0.3, -0.25) is 4.98 Å². The molecular formula is C6H22Cl3N6Ru-3. The molecule has 1 heterocycles. The summed E-state index contributed by atoms with van der Waals surface area (Å²) in [4.78, 5) is 3.85. The molecule has 10 heteroatoms. The Morgan fingerprint density at radius 3 is 1.12 bits per heavy atom. The average Bonchev–Trinajstić information content (AvgIpc) is 1.69. The largest absolute Gasteiger partial charge is 1.00 e. The Hall–Kier alpha value is 0.443. The van der Waals surface area contributed by atoms with Crippen LogP contribution in [0, 0.1) is 6.92 Å². The van der Waals surface area contributed by atoms with Crippen LogP contribution >= 0.6 is 0 Å². The number of halogens is 3. The first-order valence-corrected chi connectivity index (χ1v) is 2.26. The zero-order valence-electron chi connectivity index (χ0n) is 9.28. The third-order valence-corrected chi connectivity index (χ3v) is 0.847. The van der Waals surface area contributed by atoms with Crippen LogP contribution < -0.4 is 68.0 Å². The minimum Gasteiger partial charge on any atom is -1.00 e. The van der Waals surface area contributed by atoms with Crippen LogP contribution in [0.15, 0.2) is 24.5 Å². The van der Waals surface area contributed by atoms with Crippen LogP contribution in [0.25, 0.3) is 0 Å². The molecule has 6 nitrogen and oxygen atoms in total. The number of pyridine rings is 1. The van der Waals surface area contributed by atoms with Gasteiger partial charge in [0.2, 0.25) is 0 Å². The molecule has 0 aliphatic rings. The van der Waals surface area contributed by atoms with Crippen molar-refractivity contribution in [2.45, 2.75) is 6.92 Å². The smallest absolute Gasteiger partial charge is 0.0270 e. The second-order valence-electron chi connectivity index (χ2n) is 1.52. The van der Waals surface area contributed by atoms with Crippen molar-refractivity contribution in [2.75, 3.05) is 0 Å². The molecule has 0 bridgehead atoms. The van der Waals surface area contributed by atoms with Crippen molar-refractivity contribution in [1.29, 1.82) is 0 Å². The van der Waals surface area contributed by atoms with Crippen molar-refractivity contribution in [3.8, 4) is 0 Å². The number of aromatic nitrogens is 1. The molecule has 0 saturated heterocycles. The molecule has 0 atom stereocenters. The van der Waals surface area contributed by atoms with Crippen molar-refractivity contribution in [3.63, 3.8) is 0 Å². The molecule has 0 radical (unpaired) electrons. The Morgan fingerprint density at radius 1 is 0.750 bits per heavy atom. The van der Waals surface area contributed by atoms with E-state index >= 15 is 0 Å². The first-order chi connectivity index (χ1) is 3.39. The van der Waals surface area contributed by atoms with E-state index in [1.54, 1.807) is 12.4 Å². The predicted molar refractivity (Wildman–Crippen MR) is 54.1 cm³/mol. The van der Waals surface area contributed by atoms with Gasteiger partial charge in [0.05, 0.1) is 0 Å². The number of aryl methyl sites for hydroxylation is 1. The minimum atomic E-state index is 0. The molecule has 0 saturated carbocycles. The summed E-state index contributed by atoms with van der Waals surface area (Å²) in [6.45, 7) is 2.04. The summed E-state index contributed by atoms with van der Waals surface area (Å²) < 4.78 is 0. The predicted octanol–water partition coefficient (Wildman–Crippen LogP) is -6.79. The summed E-state index contributed by atoms with van der Waals surface area (Å²) in [7, 11) is 0. The van der Waals surface area contributed by atoms with Gasteiger partial charge in [-0.25, -0.2) is 0 Å². The van der Waals surface area contributed by atoms with E-state index in [9.17, 15) is 0 Å². The normalized spacial score (nSPS) is 3.81. The third-order valence-electron chi connectivity index (χ3n) is 0.847. The van der Waals surface area contributed by atoms with Crippen LogP contribution in [0.3, 0.4) is 0 Å². The van der Waals surface area contributed by atoms with Crippen LogP contribution in [0.5, 0.6) is 0 Å². The van der Waals surface area contributed by atoms with Gasteiger partial charge < -0.3 is 68.0 Å². The van der Waals surface area contributed by atoms with Crippen LogP contribution in [-0.4, -0.2) is 4.98 Å². The summed E-state index contributed by atoms with van der Waals surface area (Å²) in [6.07, 6.45) is 3.57. The van der Waals surface area contributed by atoms with Crippen molar-refractivity contribution in [3.05, 3.63) is 30.1 Å². The van der Waals surface area contributed by atoms with Gasteiger partial charge in [0, 0.05) is 31.9 Å². The van der Waals surface area contributed by atoms with E-state index in [1.165, 1.54) is 5.56 Å². The van der Waals surface area contributed by atoms with E-state index in [2.05, 4.69) is 4.98 Å². The Morgan fingerprint density at radius 2 is 1.00 bits per heavy atom. The van der Waals surface area contributed by atoms with Crippen LogP contribution in [-0.2, 0) is 19.5 Å². The van der Waals surface area contributed by atoms with Crippen molar-refractivity contribution < 1.29 is 56.7 Å². The first kappa shape index (κ1) is 70.8. The van der Waals surface area contributed by atoms with Gasteiger partial charge in [0.1, 0.15) is 0 Å². The third kappa shape index (κ3) is 36.6. The van der Waals surface area contributed by atoms with Gasteiger partial charge in [-0.05, 0) is 24.6 Å². The molecule has 0 aliphatic heterocycles. The summed E-state index contributed by atoms with van der Waals surface area (Å²) in [5.74, 6) is 0. The first-order valence-electron chi connectivity index (χ1n) is 2.26. The van der Waals surface area contributed by atoms with Gasteiger partial charge in [-0.1, -0.05) is 0 Å². The Labute approximate surface area is 129 Å². The number of hydrogen-bond donors (Lipinski definition) is 5. The fourth-order valence-corrected chi connectivity index (χ4v) is 0.426. The maximum Gasteiger partial charge on any atom is 0.0270 e. The molecule has 108 valence electrons. The van der Waals surface area contributed by atoms with E-state index in [1.807, 2.05) is 19.1 Å². The zero-order chi connectivity index (χ0) is 5.11. The molecule has 0 aliphatic carbocycles. The molecule has 15 N–H and O–H groups in total. The minimum absolute atomic E-state index is 0. The average molecular weight is 386 g/mol. The van der Waals surface area contributed by atoms with Gasteiger partial charge >= 0.3 is 0 Å². The number of nitrogens with zero attached hydrogens (tertiary/aromatic N) is 1. The molecule has 0 fully saturated rings. The monoisotopic (exact) mass is 385 g/mol. The van der Waals surface area contributed by atoms with E-state index in [0.717, 1.165) is 0 Å². The molecule has 1 aromatic rings. The molecule has 0 aromatic carbocycles. The fourth-order valence-electron chi connectivity index (χ4n) is 0.426. The molecular weight excluding hydrogens is 364 g/mol. The van der Waals surface area contributed by atoms with Crippen molar-refractivity contribution in [2.24, 2.45) is 0 Å². The van der Waals surface area contributed by atoms with Crippen LogP contribution in [0.2, 0.25) is 0 Å². The Kier molecular flexibility index (Phi) is 200. The van der Waals surface area contributed by atoms with Crippen LogP contribution in [0.1, 0.15) is 5.56 Å². The van der Waals surface area contributed by atoms with Crippen molar-refractivity contribution >= 4 is 0 Å². The molecule has 1 aromatic heterocycles. The van der Waals surface area contributed by atoms with Gasteiger partial charge in [-0.15, -0.1) is 0 Å². The van der Waals surface area contributed by atoms with E-state index in [0.29, 0.717) is 0 Å². The quantitative estimate of drug-likeness (QED) is 0.276. The maximum absolute atomic E-state index is 3.85. The standard InChI is InChI=1S/C6H7N.3ClH.5H3N.Ru/c1-6-2-4-7-5-3-6;;;;;;;;;/h2-5H,1H3;3*1H;5*1H3;/p-3. The summed E-state index contributed by atoms with van der Waals surface area (Å²) in [5.41, 5.74) is 1.26. The SMILES string of the molecule is Cc1ccncc1.N.N.N.N.N.[Cl-].[Cl-].[Cl-].[Ru].